The molecule has 5 nitrogen and oxygen atoms in total. The molecule has 3 aromatic rings. The molecule has 0 saturated carbocycles. The van der Waals surface area contributed by atoms with E-state index >= 15 is 0 Å². The highest BCUT2D eigenvalue weighted by Crippen LogP contribution is 2.32. The van der Waals surface area contributed by atoms with Crippen LogP contribution in [0.15, 0.2) is 63.5 Å². The van der Waals surface area contributed by atoms with Gasteiger partial charge in [0.25, 0.3) is 11.8 Å². The summed E-state index contributed by atoms with van der Waals surface area (Å²) in [6.07, 6.45) is 0. The van der Waals surface area contributed by atoms with Crippen molar-refractivity contribution >= 4 is 55.0 Å². The molecule has 0 saturated heterocycles. The van der Waals surface area contributed by atoms with Gasteiger partial charge in [-0.15, -0.1) is 0 Å². The number of benzene rings is 3. The van der Waals surface area contributed by atoms with Crippen molar-refractivity contribution in [3.8, 4) is 5.75 Å². The first-order valence-electron chi connectivity index (χ1n) is 9.60. The van der Waals surface area contributed by atoms with Crippen molar-refractivity contribution in [2.45, 2.75) is 20.8 Å². The van der Waals surface area contributed by atoms with Crippen LogP contribution in [-0.2, 0) is 4.79 Å². The first-order chi connectivity index (χ1) is 14.7. The minimum absolute atomic E-state index is 0.186. The van der Waals surface area contributed by atoms with E-state index in [4.69, 9.17) is 4.74 Å². The van der Waals surface area contributed by atoms with Gasteiger partial charge in [-0.05, 0) is 89.8 Å². The molecule has 0 spiro atoms. The molecule has 0 radical (unpaired) electrons. The molecular weight excluding hydrogens is 524 g/mol. The number of aryl methyl sites for hydroxylation is 3. The Morgan fingerprint density at radius 2 is 1.61 bits per heavy atom. The van der Waals surface area contributed by atoms with Crippen LogP contribution in [0.4, 0.5) is 11.4 Å². The van der Waals surface area contributed by atoms with Crippen molar-refractivity contribution in [2.24, 2.45) is 0 Å². The van der Waals surface area contributed by atoms with Crippen LogP contribution in [0.25, 0.3) is 0 Å². The minimum Gasteiger partial charge on any atom is -0.482 e. The molecule has 0 aliphatic heterocycles. The minimum atomic E-state index is -0.361. The van der Waals surface area contributed by atoms with Gasteiger partial charge in [-0.2, -0.15) is 0 Å². The predicted octanol–water partition coefficient (Wildman–Crippen LogP) is 6.41. The average molecular weight is 546 g/mol. The van der Waals surface area contributed by atoms with Crippen molar-refractivity contribution in [1.29, 1.82) is 0 Å². The quantitative estimate of drug-likeness (QED) is 0.376. The van der Waals surface area contributed by atoms with Gasteiger partial charge < -0.3 is 15.4 Å². The number of para-hydroxylation sites is 1. The predicted molar refractivity (Wildman–Crippen MR) is 131 cm³/mol. The van der Waals surface area contributed by atoms with E-state index in [9.17, 15) is 9.59 Å². The summed E-state index contributed by atoms with van der Waals surface area (Å²) in [5.41, 5.74) is 4.62. The van der Waals surface area contributed by atoms with Gasteiger partial charge in [-0.1, -0.05) is 34.1 Å². The summed E-state index contributed by atoms with van der Waals surface area (Å²) < 4.78 is 7.36. The highest BCUT2D eigenvalue weighted by Gasteiger charge is 2.15. The highest BCUT2D eigenvalue weighted by atomic mass is 79.9. The third kappa shape index (κ3) is 5.95. The van der Waals surface area contributed by atoms with Crippen molar-refractivity contribution in [2.75, 3.05) is 17.2 Å². The topological polar surface area (TPSA) is 67.4 Å². The summed E-state index contributed by atoms with van der Waals surface area (Å²) >= 11 is 6.87. The number of halogens is 2. The van der Waals surface area contributed by atoms with E-state index < -0.39 is 0 Å². The Balaban J connectivity index is 1.69. The second kappa shape index (κ2) is 10.1. The van der Waals surface area contributed by atoms with Crippen molar-refractivity contribution in [3.05, 3.63) is 85.8 Å². The van der Waals surface area contributed by atoms with Crippen LogP contribution in [-0.4, -0.2) is 18.4 Å². The monoisotopic (exact) mass is 544 g/mol. The van der Waals surface area contributed by atoms with E-state index in [1.165, 1.54) is 0 Å². The standard InChI is InChI=1S/C24H22Br2N2O3/c1-14-8-9-18(11-15(14)2)27-24(30)19-6-4-5-7-21(19)28-22(29)13-31-23-16(3)10-17(25)12-20(23)26/h4-12H,13H2,1-3H3,(H,27,30)(H,28,29). The smallest absolute Gasteiger partial charge is 0.262 e. The van der Waals surface area contributed by atoms with Gasteiger partial charge in [-0.3, -0.25) is 9.59 Å². The average Bonchev–Trinajstić information content (AvgIpc) is 2.70. The molecule has 0 unspecified atom stereocenters. The summed E-state index contributed by atoms with van der Waals surface area (Å²) in [6.45, 7) is 5.72. The molecule has 0 aromatic heterocycles. The molecule has 2 amide bonds. The number of anilines is 2. The second-order valence-electron chi connectivity index (χ2n) is 7.17. The Morgan fingerprint density at radius 1 is 0.871 bits per heavy atom. The molecule has 0 aliphatic carbocycles. The lowest BCUT2D eigenvalue weighted by Gasteiger charge is -2.14. The Labute approximate surface area is 198 Å². The number of ether oxygens (including phenoxy) is 1. The summed E-state index contributed by atoms with van der Waals surface area (Å²) in [4.78, 5) is 25.3. The van der Waals surface area contributed by atoms with Crippen LogP contribution in [0.1, 0.15) is 27.0 Å². The molecule has 3 rings (SSSR count). The molecule has 7 heteroatoms. The van der Waals surface area contributed by atoms with E-state index in [1.807, 2.05) is 51.1 Å². The van der Waals surface area contributed by atoms with E-state index in [1.54, 1.807) is 24.3 Å². The lowest BCUT2D eigenvalue weighted by molar-refractivity contribution is -0.118. The Morgan fingerprint density at radius 3 is 2.32 bits per heavy atom. The number of hydrogen-bond acceptors (Lipinski definition) is 3. The second-order valence-corrected chi connectivity index (χ2v) is 8.94. The SMILES string of the molecule is Cc1ccc(NC(=O)c2ccccc2NC(=O)COc2c(C)cc(Br)cc2Br)cc1C. The van der Waals surface area contributed by atoms with Crippen LogP contribution >= 0.6 is 31.9 Å². The summed E-state index contributed by atoms with van der Waals surface area (Å²) in [7, 11) is 0. The molecule has 2 N–H and O–H groups in total. The van der Waals surface area contributed by atoms with Gasteiger partial charge >= 0.3 is 0 Å². The maximum atomic E-state index is 12.8. The molecule has 31 heavy (non-hydrogen) atoms. The lowest BCUT2D eigenvalue weighted by atomic mass is 10.1. The molecule has 0 atom stereocenters. The van der Waals surface area contributed by atoms with Gasteiger partial charge in [0, 0.05) is 10.2 Å². The van der Waals surface area contributed by atoms with E-state index in [0.717, 1.165) is 25.6 Å². The summed E-state index contributed by atoms with van der Waals surface area (Å²) in [5, 5.41) is 5.65. The fraction of sp³-hybridized carbons (Fsp3) is 0.167. The molecule has 0 fully saturated rings. The molecule has 3 aromatic carbocycles. The fourth-order valence-electron chi connectivity index (χ4n) is 3.00. The first-order valence-corrected chi connectivity index (χ1v) is 11.2. The molecular formula is C24H22Br2N2O3. The number of nitrogens with one attached hydrogen (secondary N) is 2. The molecule has 0 heterocycles. The molecule has 0 aliphatic rings. The first kappa shape index (κ1) is 23.0. The van der Waals surface area contributed by atoms with Crippen LogP contribution in [0.3, 0.4) is 0 Å². The highest BCUT2D eigenvalue weighted by molar-refractivity contribution is 9.11. The molecule has 160 valence electrons. The van der Waals surface area contributed by atoms with E-state index in [0.29, 0.717) is 22.7 Å². The van der Waals surface area contributed by atoms with Crippen molar-refractivity contribution in [1.82, 2.24) is 0 Å². The fourth-order valence-corrected chi connectivity index (χ4v) is 4.56. The third-order valence-electron chi connectivity index (χ3n) is 4.75. The van der Waals surface area contributed by atoms with E-state index in [-0.39, 0.29) is 18.4 Å². The normalized spacial score (nSPS) is 10.5. The maximum Gasteiger partial charge on any atom is 0.262 e. The van der Waals surface area contributed by atoms with Gasteiger partial charge in [-0.25, -0.2) is 0 Å². The number of rotatable bonds is 6. The maximum absolute atomic E-state index is 12.8. The van der Waals surface area contributed by atoms with Crippen LogP contribution in [0, 0.1) is 20.8 Å². The Kier molecular flexibility index (Phi) is 7.51. The Hall–Kier alpha value is -2.64. The van der Waals surface area contributed by atoms with Crippen LogP contribution in [0.2, 0.25) is 0 Å². The third-order valence-corrected chi connectivity index (χ3v) is 5.80. The number of carbonyl (C=O) groups excluding carboxylic acids is 2. The van der Waals surface area contributed by atoms with Crippen LogP contribution < -0.4 is 15.4 Å². The van der Waals surface area contributed by atoms with Gasteiger partial charge in [0.05, 0.1) is 15.7 Å². The van der Waals surface area contributed by atoms with Gasteiger partial charge in [0.15, 0.2) is 6.61 Å². The van der Waals surface area contributed by atoms with Crippen molar-refractivity contribution in [3.63, 3.8) is 0 Å². The van der Waals surface area contributed by atoms with E-state index in [2.05, 4.69) is 42.5 Å². The zero-order chi connectivity index (χ0) is 22.5. The summed E-state index contributed by atoms with van der Waals surface area (Å²) in [6, 6.07) is 16.4. The number of carbonyl (C=O) groups is 2. The number of hydrogen-bond donors (Lipinski definition) is 2. The molecule has 0 bridgehead atoms. The van der Waals surface area contributed by atoms with Gasteiger partial charge in [0.1, 0.15) is 5.75 Å². The van der Waals surface area contributed by atoms with Crippen molar-refractivity contribution < 1.29 is 14.3 Å². The zero-order valence-electron chi connectivity index (χ0n) is 17.4. The summed E-state index contributed by atoms with van der Waals surface area (Å²) in [5.74, 6) is -0.0636. The van der Waals surface area contributed by atoms with Gasteiger partial charge in [0.2, 0.25) is 0 Å². The zero-order valence-corrected chi connectivity index (χ0v) is 20.6. The number of amides is 2. The largest absolute Gasteiger partial charge is 0.482 e. The Bertz CT molecular complexity index is 1120. The lowest BCUT2D eigenvalue weighted by Crippen LogP contribution is -2.23. The van der Waals surface area contributed by atoms with Crippen LogP contribution in [0.5, 0.6) is 5.75 Å².